The molecule has 0 aliphatic heterocycles. The van der Waals surface area contributed by atoms with Crippen molar-refractivity contribution in [3.05, 3.63) is 83.7 Å². The highest BCUT2D eigenvalue weighted by atomic mass is 16.5. The van der Waals surface area contributed by atoms with Gasteiger partial charge in [-0.2, -0.15) is 0 Å². The van der Waals surface area contributed by atoms with Gasteiger partial charge >= 0.3 is 0 Å². The van der Waals surface area contributed by atoms with E-state index in [0.29, 0.717) is 23.0 Å². The lowest BCUT2D eigenvalue weighted by molar-refractivity contribution is 0.101. The summed E-state index contributed by atoms with van der Waals surface area (Å²) < 4.78 is 12.3. The fourth-order valence-corrected chi connectivity index (χ4v) is 3.41. The molecule has 7 heteroatoms. The summed E-state index contributed by atoms with van der Waals surface area (Å²) in [4.78, 5) is 17.7. The Balaban J connectivity index is 1.77. The molecule has 32 heavy (non-hydrogen) atoms. The van der Waals surface area contributed by atoms with E-state index in [0.717, 1.165) is 22.4 Å². The highest BCUT2D eigenvalue weighted by Gasteiger charge is 2.20. The monoisotopic (exact) mass is 428 g/mol. The van der Waals surface area contributed by atoms with Crippen LogP contribution in [-0.4, -0.2) is 34.9 Å². The molecule has 0 fully saturated rings. The fraction of sp³-hybridized carbons (Fsp3) is 0.160. The second kappa shape index (κ2) is 8.93. The average Bonchev–Trinajstić information content (AvgIpc) is 3.25. The number of hydrogen-bond acceptors (Lipinski definition) is 5. The van der Waals surface area contributed by atoms with Gasteiger partial charge in [-0.15, -0.1) is 5.10 Å². The minimum absolute atomic E-state index is 0.0490. The molecule has 0 aliphatic rings. The summed E-state index contributed by atoms with van der Waals surface area (Å²) in [6, 6.07) is 21.0. The summed E-state index contributed by atoms with van der Waals surface area (Å²) in [5, 5.41) is 7.38. The van der Waals surface area contributed by atoms with Gasteiger partial charge in [0.05, 0.1) is 25.6 Å². The van der Waals surface area contributed by atoms with Gasteiger partial charge in [-0.25, -0.2) is 9.67 Å². The Morgan fingerprint density at radius 2 is 1.66 bits per heavy atom. The lowest BCUT2D eigenvalue weighted by Gasteiger charge is -2.10. The number of ether oxygens (including phenoxy) is 2. The van der Waals surface area contributed by atoms with Crippen LogP contribution in [0, 0.1) is 13.8 Å². The summed E-state index contributed by atoms with van der Waals surface area (Å²) in [5.41, 5.74) is 4.35. The predicted octanol–water partition coefficient (Wildman–Crippen LogP) is 4.82. The maximum Gasteiger partial charge on any atom is 0.295 e. The third-order valence-electron chi connectivity index (χ3n) is 4.99. The Hall–Kier alpha value is -4.13. The predicted molar refractivity (Wildman–Crippen MR) is 124 cm³/mol. The summed E-state index contributed by atoms with van der Waals surface area (Å²) in [6.07, 6.45) is 0. The first-order valence-corrected chi connectivity index (χ1v) is 10.1. The Bertz CT molecular complexity index is 1220. The van der Waals surface area contributed by atoms with Crippen molar-refractivity contribution in [3.63, 3.8) is 0 Å². The van der Waals surface area contributed by atoms with Gasteiger partial charge in [-0.05, 0) is 49.7 Å². The zero-order valence-electron chi connectivity index (χ0n) is 18.4. The highest BCUT2D eigenvalue weighted by molar-refractivity contribution is 6.02. The van der Waals surface area contributed by atoms with Gasteiger partial charge in [0.1, 0.15) is 11.5 Å². The maximum absolute atomic E-state index is 13.1. The van der Waals surface area contributed by atoms with Gasteiger partial charge in [-0.1, -0.05) is 35.9 Å². The second-order valence-electron chi connectivity index (χ2n) is 7.40. The van der Waals surface area contributed by atoms with Crippen molar-refractivity contribution in [2.45, 2.75) is 13.8 Å². The summed E-state index contributed by atoms with van der Waals surface area (Å²) in [5.74, 6) is 1.29. The van der Waals surface area contributed by atoms with Gasteiger partial charge in [0.2, 0.25) is 5.82 Å². The molecular weight excluding hydrogens is 404 g/mol. The first kappa shape index (κ1) is 21.1. The molecular formula is C25H24N4O3. The van der Waals surface area contributed by atoms with Crippen LogP contribution in [-0.2, 0) is 0 Å². The Morgan fingerprint density at radius 3 is 2.34 bits per heavy atom. The van der Waals surface area contributed by atoms with E-state index in [2.05, 4.69) is 15.4 Å². The van der Waals surface area contributed by atoms with E-state index in [4.69, 9.17) is 9.47 Å². The molecule has 1 heterocycles. The molecule has 1 N–H and O–H groups in total. The molecule has 1 amide bonds. The first-order valence-electron chi connectivity index (χ1n) is 10.1. The van der Waals surface area contributed by atoms with Crippen molar-refractivity contribution < 1.29 is 14.3 Å². The molecule has 0 radical (unpaired) electrons. The molecule has 1 aromatic heterocycles. The van der Waals surface area contributed by atoms with Crippen LogP contribution in [0.4, 0.5) is 5.69 Å². The van der Waals surface area contributed by atoms with Gasteiger partial charge in [-0.3, -0.25) is 4.79 Å². The average molecular weight is 428 g/mol. The first-order chi connectivity index (χ1) is 15.5. The Morgan fingerprint density at radius 1 is 0.906 bits per heavy atom. The van der Waals surface area contributed by atoms with E-state index < -0.39 is 5.91 Å². The minimum atomic E-state index is -0.447. The second-order valence-corrected chi connectivity index (χ2v) is 7.40. The number of carbonyl (C=O) groups is 1. The smallest absolute Gasteiger partial charge is 0.295 e. The van der Waals surface area contributed by atoms with E-state index in [9.17, 15) is 4.79 Å². The maximum atomic E-state index is 13.1. The molecule has 0 bridgehead atoms. The van der Waals surface area contributed by atoms with E-state index in [-0.39, 0.29) is 5.82 Å². The molecule has 0 aliphatic carbocycles. The number of nitrogens with zero attached hydrogens (tertiary/aromatic N) is 3. The van der Waals surface area contributed by atoms with Crippen LogP contribution in [0.3, 0.4) is 0 Å². The fourth-order valence-electron chi connectivity index (χ4n) is 3.41. The number of amides is 1. The molecule has 3 aromatic carbocycles. The van der Waals surface area contributed by atoms with Crippen molar-refractivity contribution in [1.82, 2.24) is 14.8 Å². The summed E-state index contributed by atoms with van der Waals surface area (Å²) in [6.45, 7) is 4.02. The number of aromatic nitrogens is 3. The van der Waals surface area contributed by atoms with Crippen molar-refractivity contribution in [2.24, 2.45) is 0 Å². The molecule has 0 spiro atoms. The van der Waals surface area contributed by atoms with Crippen LogP contribution in [0.2, 0.25) is 0 Å². The number of rotatable bonds is 6. The SMILES string of the molecule is COc1ccc(OC)c(NC(=O)c2nc(-c3cccc(C)c3)n(-c3cccc(C)c3)n2)c1. The summed E-state index contributed by atoms with van der Waals surface area (Å²) >= 11 is 0. The molecule has 0 unspecified atom stereocenters. The highest BCUT2D eigenvalue weighted by Crippen LogP contribution is 2.29. The van der Waals surface area contributed by atoms with Crippen LogP contribution in [0.25, 0.3) is 17.1 Å². The van der Waals surface area contributed by atoms with Crippen molar-refractivity contribution >= 4 is 11.6 Å². The van der Waals surface area contributed by atoms with Crippen molar-refractivity contribution in [1.29, 1.82) is 0 Å². The number of aryl methyl sites for hydroxylation is 2. The van der Waals surface area contributed by atoms with E-state index >= 15 is 0 Å². The molecule has 7 nitrogen and oxygen atoms in total. The Labute approximate surface area is 186 Å². The van der Waals surface area contributed by atoms with Crippen LogP contribution in [0.15, 0.2) is 66.7 Å². The third-order valence-corrected chi connectivity index (χ3v) is 4.99. The quantitative estimate of drug-likeness (QED) is 0.476. The van der Waals surface area contributed by atoms with Crippen LogP contribution >= 0.6 is 0 Å². The van der Waals surface area contributed by atoms with E-state index in [1.807, 2.05) is 62.4 Å². The number of nitrogens with one attached hydrogen (secondary N) is 1. The minimum Gasteiger partial charge on any atom is -0.497 e. The number of benzene rings is 3. The summed E-state index contributed by atoms with van der Waals surface area (Å²) in [7, 11) is 3.10. The van der Waals surface area contributed by atoms with Gasteiger partial charge in [0, 0.05) is 11.6 Å². The van der Waals surface area contributed by atoms with Crippen LogP contribution in [0.1, 0.15) is 21.7 Å². The zero-order chi connectivity index (χ0) is 22.7. The van der Waals surface area contributed by atoms with Gasteiger partial charge < -0.3 is 14.8 Å². The molecule has 0 atom stereocenters. The lowest BCUT2D eigenvalue weighted by Crippen LogP contribution is -2.15. The van der Waals surface area contributed by atoms with Gasteiger partial charge in [0.25, 0.3) is 5.91 Å². The normalized spacial score (nSPS) is 10.6. The van der Waals surface area contributed by atoms with E-state index in [1.165, 1.54) is 7.11 Å². The van der Waals surface area contributed by atoms with Crippen molar-refractivity contribution in [2.75, 3.05) is 19.5 Å². The number of methoxy groups -OCH3 is 2. The van der Waals surface area contributed by atoms with Crippen LogP contribution in [0.5, 0.6) is 11.5 Å². The number of hydrogen-bond donors (Lipinski definition) is 1. The third kappa shape index (κ3) is 4.32. The van der Waals surface area contributed by atoms with Crippen LogP contribution < -0.4 is 14.8 Å². The van der Waals surface area contributed by atoms with Crippen molar-refractivity contribution in [3.8, 4) is 28.6 Å². The number of carbonyl (C=O) groups excluding carboxylic acids is 1. The molecule has 4 aromatic rings. The lowest BCUT2D eigenvalue weighted by atomic mass is 10.1. The zero-order valence-corrected chi connectivity index (χ0v) is 18.4. The standard InChI is InChI=1S/C25H24N4O3/c1-16-7-5-9-18(13-16)24-27-23(28-29(24)19-10-6-8-17(2)14-19)25(30)26-21-15-20(31-3)11-12-22(21)32-4/h5-15H,1-4H3,(H,26,30). The number of anilines is 1. The van der Waals surface area contributed by atoms with E-state index in [1.54, 1.807) is 30.0 Å². The Kier molecular flexibility index (Phi) is 5.89. The van der Waals surface area contributed by atoms with Gasteiger partial charge in [0.15, 0.2) is 5.82 Å². The largest absolute Gasteiger partial charge is 0.497 e. The topological polar surface area (TPSA) is 78.3 Å². The molecule has 4 rings (SSSR count). The molecule has 162 valence electrons. The molecule has 0 saturated carbocycles. The molecule has 0 saturated heterocycles.